The molecule has 1 aliphatic rings. The molecular formula is C13H18FNOS. The van der Waals surface area contributed by atoms with Crippen LogP contribution in [0.25, 0.3) is 0 Å². The van der Waals surface area contributed by atoms with Gasteiger partial charge in [-0.1, -0.05) is 12.1 Å². The Morgan fingerprint density at radius 3 is 2.82 bits per heavy atom. The molecule has 0 amide bonds. The van der Waals surface area contributed by atoms with E-state index in [1.807, 2.05) is 6.07 Å². The maximum absolute atomic E-state index is 12.9. The van der Waals surface area contributed by atoms with Gasteiger partial charge in [-0.25, -0.2) is 4.39 Å². The van der Waals surface area contributed by atoms with E-state index in [0.29, 0.717) is 6.04 Å². The Balaban J connectivity index is 1.71. The lowest BCUT2D eigenvalue weighted by Crippen LogP contribution is -2.36. The Hall–Kier alpha value is -0.740. The van der Waals surface area contributed by atoms with Gasteiger partial charge in [-0.2, -0.15) is 0 Å². The Morgan fingerprint density at radius 1 is 1.35 bits per heavy atom. The molecule has 1 aromatic carbocycles. The van der Waals surface area contributed by atoms with E-state index >= 15 is 0 Å². The van der Waals surface area contributed by atoms with Crippen LogP contribution >= 0.6 is 0 Å². The predicted octanol–water partition coefficient (Wildman–Crippen LogP) is 1.87. The first-order valence-electron chi connectivity index (χ1n) is 6.07. The van der Waals surface area contributed by atoms with Crippen molar-refractivity contribution in [2.45, 2.75) is 25.3 Å². The summed E-state index contributed by atoms with van der Waals surface area (Å²) in [6.45, 7) is 0.862. The zero-order valence-corrected chi connectivity index (χ0v) is 10.6. The van der Waals surface area contributed by atoms with Crippen molar-refractivity contribution in [3.05, 3.63) is 35.6 Å². The number of nitrogens with one attached hydrogen (secondary N) is 1. The largest absolute Gasteiger partial charge is 0.314 e. The van der Waals surface area contributed by atoms with Gasteiger partial charge in [-0.05, 0) is 43.5 Å². The molecule has 1 fully saturated rings. The molecule has 4 heteroatoms. The minimum absolute atomic E-state index is 0.171. The van der Waals surface area contributed by atoms with Crippen molar-refractivity contribution in [3.63, 3.8) is 0 Å². The number of hydrogen-bond acceptors (Lipinski definition) is 2. The smallest absolute Gasteiger partial charge is 0.123 e. The highest BCUT2D eigenvalue weighted by molar-refractivity contribution is 7.85. The molecule has 0 radical (unpaired) electrons. The Labute approximate surface area is 104 Å². The van der Waals surface area contributed by atoms with E-state index in [2.05, 4.69) is 5.32 Å². The summed E-state index contributed by atoms with van der Waals surface area (Å²) in [6.07, 6.45) is 2.84. The van der Waals surface area contributed by atoms with Crippen molar-refractivity contribution in [1.82, 2.24) is 5.32 Å². The highest BCUT2D eigenvalue weighted by atomic mass is 32.2. The lowest BCUT2D eigenvalue weighted by Gasteiger charge is -2.22. The van der Waals surface area contributed by atoms with E-state index in [4.69, 9.17) is 0 Å². The van der Waals surface area contributed by atoms with Crippen molar-refractivity contribution in [2.24, 2.45) is 0 Å². The Bertz CT molecular complexity index is 387. The average Bonchev–Trinajstić information content (AvgIpc) is 2.32. The van der Waals surface area contributed by atoms with Crippen LogP contribution in [0.5, 0.6) is 0 Å². The molecule has 2 nitrogen and oxygen atoms in total. The van der Waals surface area contributed by atoms with Crippen LogP contribution in [-0.2, 0) is 17.2 Å². The standard InChI is InChI=1S/C13H18FNOS/c14-12-3-1-2-11(10-12)4-7-15-13-5-8-17(16)9-6-13/h1-3,10,13,15H,4-9H2. The molecule has 0 unspecified atom stereocenters. The highest BCUT2D eigenvalue weighted by Crippen LogP contribution is 2.09. The quantitative estimate of drug-likeness (QED) is 0.890. The number of rotatable bonds is 4. The van der Waals surface area contributed by atoms with Crippen LogP contribution in [0.1, 0.15) is 18.4 Å². The van der Waals surface area contributed by atoms with Crippen LogP contribution < -0.4 is 5.32 Å². The second-order valence-corrected chi connectivity index (χ2v) is 6.15. The van der Waals surface area contributed by atoms with Crippen molar-refractivity contribution >= 4 is 10.8 Å². The maximum Gasteiger partial charge on any atom is 0.123 e. The van der Waals surface area contributed by atoms with Crippen LogP contribution in [-0.4, -0.2) is 28.3 Å². The number of hydrogen-bond donors (Lipinski definition) is 1. The summed E-state index contributed by atoms with van der Waals surface area (Å²) in [4.78, 5) is 0. The van der Waals surface area contributed by atoms with E-state index in [-0.39, 0.29) is 5.82 Å². The second-order valence-electron chi connectivity index (χ2n) is 4.46. The summed E-state index contributed by atoms with van der Waals surface area (Å²) in [6, 6.07) is 7.22. The van der Waals surface area contributed by atoms with Crippen molar-refractivity contribution in [1.29, 1.82) is 0 Å². The molecule has 1 aromatic rings. The molecular weight excluding hydrogens is 237 g/mol. The molecule has 17 heavy (non-hydrogen) atoms. The fourth-order valence-electron chi connectivity index (χ4n) is 2.11. The fraction of sp³-hybridized carbons (Fsp3) is 0.538. The second kappa shape index (κ2) is 6.26. The van der Waals surface area contributed by atoms with Crippen LogP contribution in [0.15, 0.2) is 24.3 Å². The summed E-state index contributed by atoms with van der Waals surface area (Å²) >= 11 is 0. The average molecular weight is 255 g/mol. The van der Waals surface area contributed by atoms with Gasteiger partial charge in [0.25, 0.3) is 0 Å². The highest BCUT2D eigenvalue weighted by Gasteiger charge is 2.16. The monoisotopic (exact) mass is 255 g/mol. The normalized spacial score (nSPS) is 24.8. The fourth-order valence-corrected chi connectivity index (χ4v) is 3.41. The van der Waals surface area contributed by atoms with E-state index in [9.17, 15) is 8.60 Å². The summed E-state index contributed by atoms with van der Waals surface area (Å²) in [5.74, 6) is 1.46. The van der Waals surface area contributed by atoms with Crippen LogP contribution in [0, 0.1) is 5.82 Å². The molecule has 0 saturated carbocycles. The first-order valence-corrected chi connectivity index (χ1v) is 7.55. The van der Waals surface area contributed by atoms with Gasteiger partial charge in [0.1, 0.15) is 5.82 Å². The summed E-state index contributed by atoms with van der Waals surface area (Å²) in [7, 11) is -0.595. The Kier molecular flexibility index (Phi) is 4.68. The van der Waals surface area contributed by atoms with Crippen molar-refractivity contribution < 1.29 is 8.60 Å². The molecule has 0 aromatic heterocycles. The first kappa shape index (κ1) is 12.7. The third-order valence-corrected chi connectivity index (χ3v) is 4.51. The van der Waals surface area contributed by atoms with E-state index in [0.717, 1.165) is 42.9 Å². The van der Waals surface area contributed by atoms with Crippen molar-refractivity contribution in [3.8, 4) is 0 Å². The van der Waals surface area contributed by atoms with Gasteiger partial charge in [0.05, 0.1) is 0 Å². The maximum atomic E-state index is 12.9. The van der Waals surface area contributed by atoms with Gasteiger partial charge in [0, 0.05) is 28.3 Å². The lowest BCUT2D eigenvalue weighted by molar-refractivity contribution is 0.479. The van der Waals surface area contributed by atoms with E-state index < -0.39 is 10.8 Å². The molecule has 0 spiro atoms. The zero-order valence-electron chi connectivity index (χ0n) is 9.82. The summed E-state index contributed by atoms with van der Waals surface area (Å²) in [5, 5.41) is 3.45. The molecule has 1 N–H and O–H groups in total. The minimum Gasteiger partial charge on any atom is -0.314 e. The molecule has 94 valence electrons. The van der Waals surface area contributed by atoms with Crippen LogP contribution in [0.4, 0.5) is 4.39 Å². The number of benzene rings is 1. The molecule has 1 aliphatic heterocycles. The molecule has 1 heterocycles. The molecule has 0 bridgehead atoms. The molecule has 0 aliphatic carbocycles. The SMILES string of the molecule is O=S1CCC(NCCc2cccc(F)c2)CC1. The molecule has 0 atom stereocenters. The Morgan fingerprint density at radius 2 is 2.12 bits per heavy atom. The van der Waals surface area contributed by atoms with Crippen LogP contribution in [0.2, 0.25) is 0 Å². The van der Waals surface area contributed by atoms with Gasteiger partial charge in [0.2, 0.25) is 0 Å². The molecule has 1 saturated heterocycles. The van der Waals surface area contributed by atoms with E-state index in [1.54, 1.807) is 12.1 Å². The van der Waals surface area contributed by atoms with Gasteiger partial charge in [0.15, 0.2) is 0 Å². The first-order chi connectivity index (χ1) is 8.24. The van der Waals surface area contributed by atoms with Crippen LogP contribution in [0.3, 0.4) is 0 Å². The van der Waals surface area contributed by atoms with Gasteiger partial charge < -0.3 is 5.32 Å². The van der Waals surface area contributed by atoms with Gasteiger partial charge in [-0.3, -0.25) is 4.21 Å². The van der Waals surface area contributed by atoms with E-state index in [1.165, 1.54) is 6.07 Å². The topological polar surface area (TPSA) is 29.1 Å². The molecule has 2 rings (SSSR count). The summed E-state index contributed by atoms with van der Waals surface area (Å²) < 4.78 is 24.1. The summed E-state index contributed by atoms with van der Waals surface area (Å²) in [5.41, 5.74) is 1.02. The third-order valence-electron chi connectivity index (χ3n) is 3.12. The third kappa shape index (κ3) is 4.21. The van der Waals surface area contributed by atoms with Gasteiger partial charge in [-0.15, -0.1) is 0 Å². The zero-order chi connectivity index (χ0) is 12.1. The van der Waals surface area contributed by atoms with Gasteiger partial charge >= 0.3 is 0 Å². The minimum atomic E-state index is -0.595. The van der Waals surface area contributed by atoms with Crippen molar-refractivity contribution in [2.75, 3.05) is 18.1 Å². The lowest BCUT2D eigenvalue weighted by atomic mass is 10.1. The number of halogens is 1. The predicted molar refractivity (Wildman–Crippen MR) is 69.0 cm³/mol.